The number of methoxy groups -OCH3 is 1. The molecule has 0 atom stereocenters. The molecule has 0 unspecified atom stereocenters. The van der Waals surface area contributed by atoms with E-state index in [2.05, 4.69) is 24.5 Å². The molecular formula is C13H20N2O2. The van der Waals surface area contributed by atoms with Crippen LogP contribution >= 0.6 is 0 Å². The summed E-state index contributed by atoms with van der Waals surface area (Å²) in [5.74, 6) is 0.659. The second-order valence-corrected chi connectivity index (χ2v) is 3.81. The summed E-state index contributed by atoms with van der Waals surface area (Å²) in [7, 11) is 1.58. The lowest BCUT2D eigenvalue weighted by Gasteiger charge is -2.16. The molecule has 0 aliphatic heterocycles. The number of hydrogen-bond donors (Lipinski definition) is 2. The number of anilines is 1. The number of carbonyl (C=O) groups is 1. The highest BCUT2D eigenvalue weighted by atomic mass is 16.5. The molecule has 4 nitrogen and oxygen atoms in total. The molecular weight excluding hydrogens is 216 g/mol. The Balaban J connectivity index is 2.61. The summed E-state index contributed by atoms with van der Waals surface area (Å²) in [4.78, 5) is 11.7. The zero-order valence-electron chi connectivity index (χ0n) is 10.6. The van der Waals surface area contributed by atoms with Gasteiger partial charge in [0.1, 0.15) is 5.75 Å². The highest BCUT2D eigenvalue weighted by molar-refractivity contribution is 5.91. The van der Waals surface area contributed by atoms with Crippen molar-refractivity contribution in [2.75, 3.05) is 12.4 Å². The van der Waals surface area contributed by atoms with Crippen molar-refractivity contribution >= 4 is 11.7 Å². The average Bonchev–Trinajstić information content (AvgIpc) is 2.36. The number of hydrogen-bond acceptors (Lipinski definition) is 2. The quantitative estimate of drug-likeness (QED) is 0.825. The molecule has 0 bridgehead atoms. The lowest BCUT2D eigenvalue weighted by Crippen LogP contribution is -2.37. The minimum Gasteiger partial charge on any atom is -0.495 e. The van der Waals surface area contributed by atoms with Crippen LogP contribution in [0.25, 0.3) is 0 Å². The van der Waals surface area contributed by atoms with Crippen LogP contribution in [0, 0.1) is 0 Å². The molecule has 0 saturated carbocycles. The lowest BCUT2D eigenvalue weighted by atomic mass is 10.2. The van der Waals surface area contributed by atoms with Crippen molar-refractivity contribution in [3.05, 3.63) is 24.3 Å². The van der Waals surface area contributed by atoms with E-state index in [4.69, 9.17) is 4.74 Å². The second kappa shape index (κ2) is 6.78. The van der Waals surface area contributed by atoms with Gasteiger partial charge in [0.2, 0.25) is 0 Å². The number of para-hydroxylation sites is 2. The highest BCUT2D eigenvalue weighted by Gasteiger charge is 2.10. The van der Waals surface area contributed by atoms with E-state index in [0.29, 0.717) is 11.4 Å². The summed E-state index contributed by atoms with van der Waals surface area (Å²) >= 11 is 0. The van der Waals surface area contributed by atoms with Gasteiger partial charge in [0.25, 0.3) is 0 Å². The molecule has 2 amide bonds. The van der Waals surface area contributed by atoms with Crippen molar-refractivity contribution < 1.29 is 9.53 Å². The fourth-order valence-electron chi connectivity index (χ4n) is 1.58. The Morgan fingerprint density at radius 3 is 2.53 bits per heavy atom. The van der Waals surface area contributed by atoms with E-state index in [1.54, 1.807) is 7.11 Å². The Hall–Kier alpha value is -1.71. The minimum absolute atomic E-state index is 0.191. The number of nitrogens with one attached hydrogen (secondary N) is 2. The lowest BCUT2D eigenvalue weighted by molar-refractivity contribution is 0.247. The fourth-order valence-corrected chi connectivity index (χ4v) is 1.58. The van der Waals surface area contributed by atoms with Crippen LogP contribution in [0.1, 0.15) is 26.7 Å². The first kappa shape index (κ1) is 13.4. The number of urea groups is 1. The van der Waals surface area contributed by atoms with Gasteiger partial charge in [-0.25, -0.2) is 4.79 Å². The van der Waals surface area contributed by atoms with Crippen molar-refractivity contribution in [3.63, 3.8) is 0 Å². The molecule has 0 saturated heterocycles. The molecule has 0 aromatic heterocycles. The largest absolute Gasteiger partial charge is 0.495 e. The van der Waals surface area contributed by atoms with Crippen molar-refractivity contribution in [1.82, 2.24) is 5.32 Å². The maximum atomic E-state index is 11.7. The summed E-state index contributed by atoms with van der Waals surface area (Å²) in [5, 5.41) is 5.70. The van der Waals surface area contributed by atoms with Gasteiger partial charge in [0, 0.05) is 6.04 Å². The van der Waals surface area contributed by atoms with E-state index in [9.17, 15) is 4.79 Å². The second-order valence-electron chi connectivity index (χ2n) is 3.81. The van der Waals surface area contributed by atoms with E-state index in [1.807, 2.05) is 24.3 Å². The fraction of sp³-hybridized carbons (Fsp3) is 0.462. The first-order chi connectivity index (χ1) is 8.21. The predicted octanol–water partition coefficient (Wildman–Crippen LogP) is 3.01. The summed E-state index contributed by atoms with van der Waals surface area (Å²) in [6.45, 7) is 4.11. The van der Waals surface area contributed by atoms with Crippen LogP contribution in [0.15, 0.2) is 24.3 Å². The normalized spacial score (nSPS) is 10.1. The van der Waals surface area contributed by atoms with Gasteiger partial charge in [-0.3, -0.25) is 0 Å². The van der Waals surface area contributed by atoms with Crippen LogP contribution in [-0.4, -0.2) is 19.2 Å². The van der Waals surface area contributed by atoms with E-state index in [0.717, 1.165) is 12.8 Å². The van der Waals surface area contributed by atoms with Crippen molar-refractivity contribution in [2.24, 2.45) is 0 Å². The minimum atomic E-state index is -0.191. The van der Waals surface area contributed by atoms with Gasteiger partial charge < -0.3 is 15.4 Å². The molecule has 1 rings (SSSR count). The van der Waals surface area contributed by atoms with Crippen LogP contribution in [0.4, 0.5) is 10.5 Å². The predicted molar refractivity (Wildman–Crippen MR) is 69.5 cm³/mol. The maximum Gasteiger partial charge on any atom is 0.319 e. The molecule has 17 heavy (non-hydrogen) atoms. The van der Waals surface area contributed by atoms with Gasteiger partial charge in [-0.2, -0.15) is 0 Å². The SMILES string of the molecule is CCC(CC)NC(=O)Nc1ccccc1OC. The Kier molecular flexibility index (Phi) is 5.33. The first-order valence-corrected chi connectivity index (χ1v) is 5.91. The third-order valence-corrected chi connectivity index (χ3v) is 2.68. The Labute approximate surface area is 102 Å². The van der Waals surface area contributed by atoms with E-state index < -0.39 is 0 Å². The summed E-state index contributed by atoms with van der Waals surface area (Å²) in [6.07, 6.45) is 1.85. The zero-order valence-corrected chi connectivity index (χ0v) is 10.6. The Morgan fingerprint density at radius 1 is 1.29 bits per heavy atom. The Bertz CT molecular complexity index is 362. The van der Waals surface area contributed by atoms with Gasteiger partial charge in [0.15, 0.2) is 0 Å². The number of amides is 2. The zero-order chi connectivity index (χ0) is 12.7. The van der Waals surface area contributed by atoms with Crippen LogP contribution in [0.2, 0.25) is 0 Å². The molecule has 1 aromatic carbocycles. The van der Waals surface area contributed by atoms with Gasteiger partial charge >= 0.3 is 6.03 Å². The van der Waals surface area contributed by atoms with Crippen LogP contribution in [-0.2, 0) is 0 Å². The molecule has 0 aliphatic rings. The molecule has 0 spiro atoms. The van der Waals surface area contributed by atoms with E-state index in [1.165, 1.54) is 0 Å². The van der Waals surface area contributed by atoms with Crippen molar-refractivity contribution in [1.29, 1.82) is 0 Å². The summed E-state index contributed by atoms with van der Waals surface area (Å²) in [6, 6.07) is 7.36. The van der Waals surface area contributed by atoms with E-state index in [-0.39, 0.29) is 12.1 Å². The number of ether oxygens (including phenoxy) is 1. The summed E-state index contributed by atoms with van der Waals surface area (Å²) < 4.78 is 5.16. The monoisotopic (exact) mass is 236 g/mol. The third-order valence-electron chi connectivity index (χ3n) is 2.68. The average molecular weight is 236 g/mol. The third kappa shape index (κ3) is 3.98. The molecule has 4 heteroatoms. The molecule has 0 heterocycles. The van der Waals surface area contributed by atoms with Crippen molar-refractivity contribution in [3.8, 4) is 5.75 Å². The molecule has 1 aromatic rings. The molecule has 2 N–H and O–H groups in total. The number of benzene rings is 1. The van der Waals surface area contributed by atoms with Crippen LogP contribution in [0.5, 0.6) is 5.75 Å². The van der Waals surface area contributed by atoms with Gasteiger partial charge in [-0.1, -0.05) is 26.0 Å². The van der Waals surface area contributed by atoms with Gasteiger partial charge in [-0.15, -0.1) is 0 Å². The first-order valence-electron chi connectivity index (χ1n) is 5.91. The number of carbonyl (C=O) groups excluding carboxylic acids is 1. The van der Waals surface area contributed by atoms with E-state index >= 15 is 0 Å². The van der Waals surface area contributed by atoms with Gasteiger partial charge in [-0.05, 0) is 25.0 Å². The topological polar surface area (TPSA) is 50.4 Å². The molecule has 0 aliphatic carbocycles. The smallest absolute Gasteiger partial charge is 0.319 e. The summed E-state index contributed by atoms with van der Waals surface area (Å²) in [5.41, 5.74) is 0.679. The van der Waals surface area contributed by atoms with Crippen LogP contribution < -0.4 is 15.4 Å². The molecule has 94 valence electrons. The van der Waals surface area contributed by atoms with Crippen LogP contribution in [0.3, 0.4) is 0 Å². The highest BCUT2D eigenvalue weighted by Crippen LogP contribution is 2.22. The Morgan fingerprint density at radius 2 is 1.94 bits per heavy atom. The van der Waals surface area contributed by atoms with Crippen molar-refractivity contribution in [2.45, 2.75) is 32.7 Å². The number of rotatable bonds is 5. The maximum absolute atomic E-state index is 11.7. The standard InChI is InChI=1S/C13H20N2O2/c1-4-10(5-2)14-13(16)15-11-8-6-7-9-12(11)17-3/h6-10H,4-5H2,1-3H3,(H2,14,15,16). The molecule has 0 radical (unpaired) electrons. The molecule has 0 fully saturated rings. The van der Waals surface area contributed by atoms with Gasteiger partial charge in [0.05, 0.1) is 12.8 Å².